The van der Waals surface area contributed by atoms with Crippen LogP contribution in [0.15, 0.2) is 6.20 Å². The average Bonchev–Trinajstić information content (AvgIpc) is 2.76. The van der Waals surface area contributed by atoms with Gasteiger partial charge in [0.25, 0.3) is 0 Å². The van der Waals surface area contributed by atoms with Crippen molar-refractivity contribution in [3.8, 4) is 11.4 Å². The molecule has 0 radical (unpaired) electrons. The lowest BCUT2D eigenvalue weighted by molar-refractivity contribution is 0.779. The highest BCUT2D eigenvalue weighted by atomic mass is 15.3. The fraction of sp³-hybridized carbons (Fsp3) is 0.444. The third kappa shape index (κ3) is 1.58. The van der Waals surface area contributed by atoms with Crippen LogP contribution in [0.5, 0.6) is 0 Å². The molecule has 0 amide bonds. The monoisotopic (exact) mass is 206 g/mol. The van der Waals surface area contributed by atoms with Gasteiger partial charge in [0.15, 0.2) is 5.82 Å². The molecule has 6 heteroatoms. The van der Waals surface area contributed by atoms with Gasteiger partial charge in [-0.1, -0.05) is 13.8 Å². The van der Waals surface area contributed by atoms with Crippen LogP contribution in [0.3, 0.4) is 0 Å². The molecule has 0 aliphatic rings. The van der Waals surface area contributed by atoms with Crippen LogP contribution in [0.2, 0.25) is 0 Å². The van der Waals surface area contributed by atoms with Crippen molar-refractivity contribution < 1.29 is 0 Å². The van der Waals surface area contributed by atoms with Gasteiger partial charge < -0.3 is 5.73 Å². The molecule has 0 saturated heterocycles. The molecule has 0 spiro atoms. The Kier molecular flexibility index (Phi) is 2.18. The van der Waals surface area contributed by atoms with Gasteiger partial charge in [-0.2, -0.15) is 10.2 Å². The second kappa shape index (κ2) is 3.38. The fourth-order valence-electron chi connectivity index (χ4n) is 1.27. The third-order valence-electron chi connectivity index (χ3n) is 2.28. The van der Waals surface area contributed by atoms with Crippen LogP contribution in [0.25, 0.3) is 11.4 Å². The van der Waals surface area contributed by atoms with E-state index in [1.165, 1.54) is 0 Å². The molecule has 0 aromatic carbocycles. The van der Waals surface area contributed by atoms with Crippen LogP contribution in [0, 0.1) is 0 Å². The molecule has 0 atom stereocenters. The maximum absolute atomic E-state index is 5.83. The third-order valence-corrected chi connectivity index (χ3v) is 2.28. The van der Waals surface area contributed by atoms with E-state index in [1.54, 1.807) is 17.9 Å². The van der Waals surface area contributed by atoms with Gasteiger partial charge in [-0.05, 0) is 0 Å². The van der Waals surface area contributed by atoms with Gasteiger partial charge >= 0.3 is 0 Å². The van der Waals surface area contributed by atoms with Crippen molar-refractivity contribution in [3.63, 3.8) is 0 Å². The molecule has 0 aliphatic heterocycles. The maximum atomic E-state index is 5.83. The zero-order chi connectivity index (χ0) is 11.0. The first-order chi connectivity index (χ1) is 7.09. The van der Waals surface area contributed by atoms with Crippen LogP contribution in [0.1, 0.15) is 25.6 Å². The quantitative estimate of drug-likeness (QED) is 0.764. The van der Waals surface area contributed by atoms with E-state index < -0.39 is 0 Å². The van der Waals surface area contributed by atoms with Crippen LogP contribution >= 0.6 is 0 Å². The summed E-state index contributed by atoms with van der Waals surface area (Å²) >= 11 is 0. The lowest BCUT2D eigenvalue weighted by Gasteiger charge is -1.96. The van der Waals surface area contributed by atoms with E-state index in [2.05, 4.69) is 34.1 Å². The molecule has 6 nitrogen and oxygen atoms in total. The molecule has 2 aromatic rings. The topological polar surface area (TPSA) is 85.4 Å². The number of hydrogen-bond acceptors (Lipinski definition) is 4. The predicted molar refractivity (Wildman–Crippen MR) is 57.1 cm³/mol. The summed E-state index contributed by atoms with van der Waals surface area (Å²) in [5.74, 6) is 2.35. The SMILES string of the molecule is CC(C)c1nc(-c2cnn(C)c2N)n[nH]1. The van der Waals surface area contributed by atoms with Gasteiger partial charge in [0.2, 0.25) is 0 Å². The van der Waals surface area contributed by atoms with Gasteiger partial charge in [0.05, 0.1) is 11.8 Å². The van der Waals surface area contributed by atoms with Gasteiger partial charge in [0, 0.05) is 13.0 Å². The molecule has 0 bridgehead atoms. The molecule has 0 aliphatic carbocycles. The summed E-state index contributed by atoms with van der Waals surface area (Å²) in [7, 11) is 1.79. The summed E-state index contributed by atoms with van der Waals surface area (Å²) < 4.78 is 1.60. The Morgan fingerprint density at radius 1 is 1.47 bits per heavy atom. The number of H-pyrrole nitrogens is 1. The molecule has 2 aromatic heterocycles. The molecule has 80 valence electrons. The Bertz CT molecular complexity index is 467. The van der Waals surface area contributed by atoms with Crippen molar-refractivity contribution in [2.24, 2.45) is 7.05 Å². The van der Waals surface area contributed by atoms with Crippen LogP contribution < -0.4 is 5.73 Å². The number of aryl methyl sites for hydroxylation is 1. The zero-order valence-corrected chi connectivity index (χ0v) is 9.02. The Morgan fingerprint density at radius 2 is 2.20 bits per heavy atom. The maximum Gasteiger partial charge on any atom is 0.186 e. The van der Waals surface area contributed by atoms with E-state index in [0.29, 0.717) is 17.6 Å². The molecule has 0 saturated carbocycles. The first-order valence-electron chi connectivity index (χ1n) is 4.79. The molecular formula is C9H14N6. The molecular weight excluding hydrogens is 192 g/mol. The van der Waals surface area contributed by atoms with Gasteiger partial charge in [0.1, 0.15) is 11.6 Å². The van der Waals surface area contributed by atoms with E-state index >= 15 is 0 Å². The Hall–Kier alpha value is -1.85. The Morgan fingerprint density at radius 3 is 2.67 bits per heavy atom. The standard InChI is InChI=1S/C9H14N6/c1-5(2)8-12-9(14-13-8)6-4-11-15(3)7(6)10/h4-5H,10H2,1-3H3,(H,12,13,14). The number of nitrogens with zero attached hydrogens (tertiary/aromatic N) is 4. The first kappa shape index (κ1) is 9.70. The number of nitrogen functional groups attached to an aromatic ring is 1. The van der Waals surface area contributed by atoms with Crippen LogP contribution in [0.4, 0.5) is 5.82 Å². The summed E-state index contributed by atoms with van der Waals surface area (Å²) in [5.41, 5.74) is 6.59. The van der Waals surface area contributed by atoms with Crippen molar-refractivity contribution in [1.29, 1.82) is 0 Å². The number of nitrogens with two attached hydrogens (primary N) is 1. The highest BCUT2D eigenvalue weighted by Gasteiger charge is 2.13. The highest BCUT2D eigenvalue weighted by Crippen LogP contribution is 2.22. The highest BCUT2D eigenvalue weighted by molar-refractivity contribution is 5.67. The molecule has 2 rings (SSSR count). The molecule has 2 heterocycles. The summed E-state index contributed by atoms with van der Waals surface area (Å²) in [5, 5.41) is 11.0. The van der Waals surface area contributed by atoms with E-state index in [4.69, 9.17) is 5.73 Å². The fourth-order valence-corrected chi connectivity index (χ4v) is 1.27. The number of hydrogen-bond donors (Lipinski definition) is 2. The summed E-state index contributed by atoms with van der Waals surface area (Å²) in [6.45, 7) is 4.10. The second-order valence-electron chi connectivity index (χ2n) is 3.77. The summed E-state index contributed by atoms with van der Waals surface area (Å²) in [6, 6.07) is 0. The van der Waals surface area contributed by atoms with Crippen LogP contribution in [-0.4, -0.2) is 25.0 Å². The van der Waals surface area contributed by atoms with Gasteiger partial charge in [-0.25, -0.2) is 4.98 Å². The van der Waals surface area contributed by atoms with Crippen molar-refractivity contribution >= 4 is 5.82 Å². The summed E-state index contributed by atoms with van der Waals surface area (Å²) in [4.78, 5) is 4.35. The number of aromatic amines is 1. The molecule has 0 fully saturated rings. The van der Waals surface area contributed by atoms with Gasteiger partial charge in [-0.15, -0.1) is 0 Å². The minimum absolute atomic E-state index is 0.323. The van der Waals surface area contributed by atoms with Crippen molar-refractivity contribution in [3.05, 3.63) is 12.0 Å². The molecule has 3 N–H and O–H groups in total. The number of rotatable bonds is 2. The van der Waals surface area contributed by atoms with Crippen LogP contribution in [-0.2, 0) is 7.05 Å². The van der Waals surface area contributed by atoms with E-state index in [0.717, 1.165) is 11.4 Å². The second-order valence-corrected chi connectivity index (χ2v) is 3.77. The van der Waals surface area contributed by atoms with E-state index in [1.807, 2.05) is 0 Å². The molecule has 0 unspecified atom stereocenters. The minimum Gasteiger partial charge on any atom is -0.383 e. The smallest absolute Gasteiger partial charge is 0.186 e. The lowest BCUT2D eigenvalue weighted by Crippen LogP contribution is -1.98. The van der Waals surface area contributed by atoms with Gasteiger partial charge in [-0.3, -0.25) is 9.78 Å². The Labute approximate surface area is 87.5 Å². The number of anilines is 1. The first-order valence-corrected chi connectivity index (χ1v) is 4.79. The van der Waals surface area contributed by atoms with E-state index in [-0.39, 0.29) is 0 Å². The number of aromatic nitrogens is 5. The van der Waals surface area contributed by atoms with Crippen molar-refractivity contribution in [2.45, 2.75) is 19.8 Å². The van der Waals surface area contributed by atoms with E-state index in [9.17, 15) is 0 Å². The lowest BCUT2D eigenvalue weighted by atomic mass is 10.2. The zero-order valence-electron chi connectivity index (χ0n) is 9.02. The summed E-state index contributed by atoms with van der Waals surface area (Å²) in [6.07, 6.45) is 1.67. The Balaban J connectivity index is 2.41. The predicted octanol–water partition coefficient (Wildman–Crippen LogP) is 0.911. The normalized spacial score (nSPS) is 11.2. The largest absolute Gasteiger partial charge is 0.383 e. The average molecular weight is 206 g/mol. The van der Waals surface area contributed by atoms with Crippen molar-refractivity contribution in [2.75, 3.05) is 5.73 Å². The number of nitrogens with one attached hydrogen (secondary N) is 1. The van der Waals surface area contributed by atoms with Crippen molar-refractivity contribution in [1.82, 2.24) is 25.0 Å². The molecule has 15 heavy (non-hydrogen) atoms. The minimum atomic E-state index is 0.323.